The molecule has 4 heteroatoms. The minimum atomic E-state index is -0.527. The number of aromatic nitrogens is 1. The lowest BCUT2D eigenvalue weighted by Gasteiger charge is -2.14. The van der Waals surface area contributed by atoms with Gasteiger partial charge in [-0.2, -0.15) is 0 Å². The Labute approximate surface area is 106 Å². The molecule has 0 aliphatic carbocycles. The number of benzene rings is 1. The highest BCUT2D eigenvalue weighted by Crippen LogP contribution is 2.20. The minimum Gasteiger partial charge on any atom is -0.481 e. The van der Waals surface area contributed by atoms with E-state index in [9.17, 15) is 4.79 Å². The smallest absolute Gasteiger partial charge is 0.261 e. The second-order valence-electron chi connectivity index (χ2n) is 4.02. The third-order valence-electron chi connectivity index (χ3n) is 2.63. The molecular weight excluding hydrogens is 228 g/mol. The van der Waals surface area contributed by atoms with E-state index in [-0.39, 0.29) is 5.91 Å². The van der Waals surface area contributed by atoms with E-state index >= 15 is 0 Å². The molecule has 0 fully saturated rings. The van der Waals surface area contributed by atoms with Crippen molar-refractivity contribution in [1.82, 2.24) is 10.3 Å². The fraction of sp³-hybridized carbons (Fsp3) is 0.214. The highest BCUT2D eigenvalue weighted by molar-refractivity contribution is 5.82. The second kappa shape index (κ2) is 5.40. The van der Waals surface area contributed by atoms with E-state index in [1.807, 2.05) is 30.5 Å². The number of ether oxygens (including phenoxy) is 1. The Morgan fingerprint density at radius 1 is 1.56 bits per heavy atom. The van der Waals surface area contributed by atoms with Crippen LogP contribution >= 0.6 is 0 Å². The van der Waals surface area contributed by atoms with Gasteiger partial charge in [0.25, 0.3) is 5.91 Å². The molecule has 94 valence electrons. The van der Waals surface area contributed by atoms with Crippen molar-refractivity contribution in [2.24, 2.45) is 0 Å². The number of nitrogens with one attached hydrogen (secondary N) is 2. The molecule has 0 bridgehead atoms. The van der Waals surface area contributed by atoms with Gasteiger partial charge in [-0.15, -0.1) is 6.58 Å². The lowest BCUT2D eigenvalue weighted by Crippen LogP contribution is -2.36. The monoisotopic (exact) mass is 244 g/mol. The van der Waals surface area contributed by atoms with Gasteiger partial charge in [0, 0.05) is 23.6 Å². The number of amides is 1. The summed E-state index contributed by atoms with van der Waals surface area (Å²) < 4.78 is 5.59. The molecule has 1 aromatic carbocycles. The minimum absolute atomic E-state index is 0.149. The van der Waals surface area contributed by atoms with Gasteiger partial charge in [-0.3, -0.25) is 4.79 Å². The molecule has 0 spiro atoms. The van der Waals surface area contributed by atoms with Crippen molar-refractivity contribution in [1.29, 1.82) is 0 Å². The Bertz CT molecular complexity index is 560. The van der Waals surface area contributed by atoms with Crippen LogP contribution in [0.2, 0.25) is 0 Å². The molecule has 0 saturated heterocycles. The number of aromatic amines is 1. The zero-order valence-corrected chi connectivity index (χ0v) is 10.3. The SMILES string of the molecule is C=CCNC(=O)C(C)Oc1ccc2[nH]ccc2c1. The summed E-state index contributed by atoms with van der Waals surface area (Å²) in [6.45, 7) is 5.71. The van der Waals surface area contributed by atoms with Crippen molar-refractivity contribution in [2.75, 3.05) is 6.54 Å². The molecule has 1 amide bonds. The predicted octanol–water partition coefficient (Wildman–Crippen LogP) is 2.24. The molecular formula is C14H16N2O2. The van der Waals surface area contributed by atoms with E-state index in [2.05, 4.69) is 16.9 Å². The summed E-state index contributed by atoms with van der Waals surface area (Å²) in [6.07, 6.45) is 2.98. The molecule has 1 aromatic heterocycles. The molecule has 18 heavy (non-hydrogen) atoms. The molecule has 1 unspecified atom stereocenters. The summed E-state index contributed by atoms with van der Waals surface area (Å²) in [7, 11) is 0. The van der Waals surface area contributed by atoms with Crippen LogP contribution in [0.15, 0.2) is 43.1 Å². The summed E-state index contributed by atoms with van der Waals surface area (Å²) in [4.78, 5) is 14.7. The Morgan fingerprint density at radius 3 is 3.17 bits per heavy atom. The van der Waals surface area contributed by atoms with E-state index in [0.29, 0.717) is 12.3 Å². The van der Waals surface area contributed by atoms with Crippen molar-refractivity contribution in [3.8, 4) is 5.75 Å². The molecule has 2 aromatic rings. The molecule has 0 saturated carbocycles. The van der Waals surface area contributed by atoms with E-state index in [1.165, 1.54) is 0 Å². The Morgan fingerprint density at radius 2 is 2.39 bits per heavy atom. The van der Waals surface area contributed by atoms with Crippen LogP contribution in [0.3, 0.4) is 0 Å². The predicted molar refractivity (Wildman–Crippen MR) is 71.6 cm³/mol. The third-order valence-corrected chi connectivity index (χ3v) is 2.63. The summed E-state index contributed by atoms with van der Waals surface area (Å²) in [5, 5.41) is 3.76. The van der Waals surface area contributed by atoms with Crippen LogP contribution in [0.4, 0.5) is 0 Å². The van der Waals surface area contributed by atoms with Crippen molar-refractivity contribution in [3.05, 3.63) is 43.1 Å². The van der Waals surface area contributed by atoms with E-state index in [4.69, 9.17) is 4.74 Å². The Balaban J connectivity index is 2.03. The molecule has 1 atom stereocenters. The zero-order chi connectivity index (χ0) is 13.0. The number of fused-ring (bicyclic) bond motifs is 1. The van der Waals surface area contributed by atoms with Gasteiger partial charge in [0.2, 0.25) is 0 Å². The van der Waals surface area contributed by atoms with Crippen LogP contribution < -0.4 is 10.1 Å². The normalized spacial score (nSPS) is 12.1. The van der Waals surface area contributed by atoms with Gasteiger partial charge >= 0.3 is 0 Å². The van der Waals surface area contributed by atoms with Gasteiger partial charge in [-0.1, -0.05) is 6.08 Å². The van der Waals surface area contributed by atoms with Crippen molar-refractivity contribution < 1.29 is 9.53 Å². The topological polar surface area (TPSA) is 54.1 Å². The van der Waals surface area contributed by atoms with Gasteiger partial charge in [-0.05, 0) is 31.2 Å². The zero-order valence-electron chi connectivity index (χ0n) is 10.3. The van der Waals surface area contributed by atoms with Gasteiger partial charge in [0.15, 0.2) is 6.10 Å². The van der Waals surface area contributed by atoms with Crippen LogP contribution in [0.5, 0.6) is 5.75 Å². The maximum absolute atomic E-state index is 11.6. The average molecular weight is 244 g/mol. The quantitative estimate of drug-likeness (QED) is 0.792. The van der Waals surface area contributed by atoms with Gasteiger partial charge in [0.1, 0.15) is 5.75 Å². The number of rotatable bonds is 5. The molecule has 0 aliphatic rings. The van der Waals surface area contributed by atoms with E-state index < -0.39 is 6.10 Å². The first kappa shape index (κ1) is 12.2. The number of carbonyl (C=O) groups is 1. The molecule has 2 N–H and O–H groups in total. The first-order valence-corrected chi connectivity index (χ1v) is 5.83. The van der Waals surface area contributed by atoms with E-state index in [0.717, 1.165) is 10.9 Å². The van der Waals surface area contributed by atoms with Crippen LogP contribution in [-0.2, 0) is 4.79 Å². The fourth-order valence-corrected chi connectivity index (χ4v) is 1.68. The van der Waals surface area contributed by atoms with Crippen molar-refractivity contribution >= 4 is 16.8 Å². The summed E-state index contributed by atoms with van der Waals surface area (Å²) >= 11 is 0. The summed E-state index contributed by atoms with van der Waals surface area (Å²) in [5.74, 6) is 0.535. The fourth-order valence-electron chi connectivity index (χ4n) is 1.68. The number of hydrogen-bond acceptors (Lipinski definition) is 2. The first-order valence-electron chi connectivity index (χ1n) is 5.83. The summed E-state index contributed by atoms with van der Waals surface area (Å²) in [5.41, 5.74) is 1.05. The van der Waals surface area contributed by atoms with Crippen molar-refractivity contribution in [2.45, 2.75) is 13.0 Å². The lowest BCUT2D eigenvalue weighted by atomic mass is 10.2. The third kappa shape index (κ3) is 2.71. The number of hydrogen-bond donors (Lipinski definition) is 2. The molecule has 0 radical (unpaired) electrons. The second-order valence-corrected chi connectivity index (χ2v) is 4.02. The van der Waals surface area contributed by atoms with Crippen molar-refractivity contribution in [3.63, 3.8) is 0 Å². The number of H-pyrrole nitrogens is 1. The van der Waals surface area contributed by atoms with Crippen LogP contribution in [0.25, 0.3) is 10.9 Å². The average Bonchev–Trinajstić information content (AvgIpc) is 2.83. The standard InChI is InChI=1S/C14H16N2O2/c1-3-7-16-14(17)10(2)18-12-4-5-13-11(9-12)6-8-15-13/h3-6,8-10,15H,1,7H2,2H3,(H,16,17). The van der Waals surface area contributed by atoms with Gasteiger partial charge in [0.05, 0.1) is 0 Å². The highest BCUT2D eigenvalue weighted by atomic mass is 16.5. The molecule has 0 aliphatic heterocycles. The largest absolute Gasteiger partial charge is 0.481 e. The summed E-state index contributed by atoms with van der Waals surface area (Å²) in [6, 6.07) is 7.64. The first-order chi connectivity index (χ1) is 8.70. The van der Waals surface area contributed by atoms with E-state index in [1.54, 1.807) is 13.0 Å². The Hall–Kier alpha value is -2.23. The number of carbonyl (C=O) groups excluding carboxylic acids is 1. The molecule has 1 heterocycles. The molecule has 2 rings (SSSR count). The maximum atomic E-state index is 11.6. The van der Waals surface area contributed by atoms with Gasteiger partial charge < -0.3 is 15.0 Å². The van der Waals surface area contributed by atoms with Crippen LogP contribution in [0, 0.1) is 0 Å². The highest BCUT2D eigenvalue weighted by Gasteiger charge is 2.13. The van der Waals surface area contributed by atoms with Crippen LogP contribution in [0.1, 0.15) is 6.92 Å². The van der Waals surface area contributed by atoms with Gasteiger partial charge in [-0.25, -0.2) is 0 Å². The Kier molecular flexibility index (Phi) is 3.67. The maximum Gasteiger partial charge on any atom is 0.261 e. The molecule has 4 nitrogen and oxygen atoms in total. The van der Waals surface area contributed by atoms with Crippen LogP contribution in [-0.4, -0.2) is 23.5 Å². The lowest BCUT2D eigenvalue weighted by molar-refractivity contribution is -0.127.